The molecule has 0 aliphatic carbocycles. The normalized spacial score (nSPS) is 12.7. The first-order valence-corrected chi connectivity index (χ1v) is 12.9. The molecule has 2 unspecified atom stereocenters. The van der Waals surface area contributed by atoms with Crippen LogP contribution in [0.4, 0.5) is 17.1 Å². The molecular weight excluding hydrogens is 507 g/mol. The van der Waals surface area contributed by atoms with E-state index in [1.165, 1.54) is 24.3 Å². The molecule has 2 atom stereocenters. The molecule has 14 heteroatoms. The Hall–Kier alpha value is -2.52. The van der Waals surface area contributed by atoms with Crippen molar-refractivity contribution in [3.05, 3.63) is 48.5 Å². The molecule has 0 aliphatic heterocycles. The summed E-state index contributed by atoms with van der Waals surface area (Å²) in [6, 6.07) is 13.4. The van der Waals surface area contributed by atoms with E-state index < -0.39 is 27.5 Å². The summed E-state index contributed by atoms with van der Waals surface area (Å²) in [6.07, 6.45) is 2.39. The van der Waals surface area contributed by atoms with Gasteiger partial charge >= 0.3 is 10.3 Å². The van der Waals surface area contributed by atoms with Crippen LogP contribution in [0.25, 0.3) is 0 Å². The van der Waals surface area contributed by atoms with E-state index in [0.29, 0.717) is 12.0 Å². The number of benzene rings is 2. The topological polar surface area (TPSA) is 149 Å². The molecule has 10 nitrogen and oxygen atoms in total. The van der Waals surface area contributed by atoms with Crippen molar-refractivity contribution < 1.29 is 22.6 Å². The zero-order chi connectivity index (χ0) is 24.4. The van der Waals surface area contributed by atoms with Crippen molar-refractivity contribution in [3.63, 3.8) is 0 Å². The average molecular weight is 530 g/mol. The molecule has 2 aromatic carbocycles. The van der Waals surface area contributed by atoms with Gasteiger partial charge < -0.3 is 15.4 Å². The van der Waals surface area contributed by atoms with Crippen LogP contribution in [0.15, 0.2) is 53.4 Å². The third kappa shape index (κ3) is 9.47. The van der Waals surface area contributed by atoms with Gasteiger partial charge in [-0.25, -0.2) is 0 Å². The summed E-state index contributed by atoms with van der Waals surface area (Å²) in [5.41, 5.74) is 6.52. The predicted octanol–water partition coefficient (Wildman–Crippen LogP) is 2.51. The maximum absolute atomic E-state index is 12.3. The van der Waals surface area contributed by atoms with Crippen molar-refractivity contribution in [2.24, 2.45) is 5.92 Å². The van der Waals surface area contributed by atoms with E-state index in [1.807, 2.05) is 35.2 Å². The number of hydrogen-bond donors (Lipinski definition) is 7. The number of hydrogen-bond acceptors (Lipinski definition) is 8. The zero-order valence-corrected chi connectivity index (χ0v) is 20.7. The number of thiocarbonyl (C=S) groups is 1. The van der Waals surface area contributed by atoms with Gasteiger partial charge in [0.05, 0.1) is 22.7 Å². The van der Waals surface area contributed by atoms with Gasteiger partial charge in [0, 0.05) is 17.0 Å². The summed E-state index contributed by atoms with van der Waals surface area (Å²) in [6.45, 7) is 0. The Morgan fingerprint density at radius 3 is 2.39 bits per heavy atom. The van der Waals surface area contributed by atoms with Crippen molar-refractivity contribution in [2.75, 3.05) is 21.6 Å². The van der Waals surface area contributed by atoms with Gasteiger partial charge in [0.25, 0.3) is 0 Å². The lowest BCUT2D eigenvalue weighted by molar-refractivity contribution is -0.124. The van der Waals surface area contributed by atoms with E-state index in [9.17, 15) is 18.0 Å². The van der Waals surface area contributed by atoms with Crippen molar-refractivity contribution >= 4 is 81.3 Å². The van der Waals surface area contributed by atoms with Gasteiger partial charge in [0.15, 0.2) is 5.11 Å². The highest BCUT2D eigenvalue weighted by Gasteiger charge is 2.21. The standard InChI is InChI=1S/C19H23N5O5S4/c1-32-16-5-3-2-4-15(16)21-19(31)23-22-17(26)10-12(11-25)18(30)20-13-6-8-14(9-7-13)24-33(27,28)29/h2-9,11-12,18,20,24,30H,10H2,1H3,(H,22,26)(H2,21,23,31)(H,27,28,29). The molecule has 2 aromatic rings. The fourth-order valence-electron chi connectivity index (χ4n) is 2.59. The number of aldehydes is 1. The Balaban J connectivity index is 1.84. The average Bonchev–Trinajstić information content (AvgIpc) is 2.76. The van der Waals surface area contributed by atoms with Crippen LogP contribution in [0.2, 0.25) is 0 Å². The summed E-state index contributed by atoms with van der Waals surface area (Å²) in [7, 11) is -4.37. The summed E-state index contributed by atoms with van der Waals surface area (Å²) in [5.74, 6) is -1.24. The number of nitrogens with one attached hydrogen (secondary N) is 5. The minimum Gasteiger partial charge on any atom is -0.373 e. The number of rotatable bonds is 10. The second-order valence-electron chi connectivity index (χ2n) is 6.58. The Bertz CT molecular complexity index is 1080. The van der Waals surface area contributed by atoms with Crippen LogP contribution < -0.4 is 26.2 Å². The molecule has 0 radical (unpaired) electrons. The first-order chi connectivity index (χ1) is 15.6. The van der Waals surface area contributed by atoms with Crippen molar-refractivity contribution in [2.45, 2.75) is 16.7 Å². The maximum atomic E-state index is 12.3. The van der Waals surface area contributed by atoms with Crippen LogP contribution in [0.5, 0.6) is 0 Å². The smallest absolute Gasteiger partial charge is 0.357 e. The summed E-state index contributed by atoms with van der Waals surface area (Å²) in [5, 5.41) is 5.42. The van der Waals surface area contributed by atoms with Gasteiger partial charge in [-0.3, -0.25) is 24.9 Å². The van der Waals surface area contributed by atoms with Crippen LogP contribution in [0.3, 0.4) is 0 Å². The number of carbonyl (C=O) groups is 2. The Labute approximate surface area is 206 Å². The van der Waals surface area contributed by atoms with Crippen LogP contribution >= 0.6 is 36.6 Å². The van der Waals surface area contributed by atoms with Crippen molar-refractivity contribution in [1.29, 1.82) is 0 Å². The first kappa shape index (κ1) is 26.7. The third-order valence-corrected chi connectivity index (χ3v) is 6.12. The fourth-order valence-corrected chi connectivity index (χ4v) is 4.06. The van der Waals surface area contributed by atoms with Crippen LogP contribution in [-0.2, 0) is 19.9 Å². The molecule has 2 rings (SSSR count). The molecule has 0 saturated carbocycles. The molecule has 33 heavy (non-hydrogen) atoms. The number of carbonyl (C=O) groups excluding carboxylic acids is 2. The molecule has 0 heterocycles. The number of anilines is 3. The predicted molar refractivity (Wildman–Crippen MR) is 138 cm³/mol. The van der Waals surface area contributed by atoms with E-state index in [4.69, 9.17) is 16.8 Å². The van der Waals surface area contributed by atoms with Gasteiger partial charge in [0.1, 0.15) is 6.29 Å². The van der Waals surface area contributed by atoms with Crippen LogP contribution in [-0.4, -0.2) is 41.9 Å². The lowest BCUT2D eigenvalue weighted by Gasteiger charge is -2.21. The zero-order valence-electron chi connectivity index (χ0n) is 17.3. The minimum atomic E-state index is -4.37. The fraction of sp³-hybridized carbons (Fsp3) is 0.211. The molecule has 0 aromatic heterocycles. The lowest BCUT2D eigenvalue weighted by atomic mass is 10.1. The van der Waals surface area contributed by atoms with E-state index in [-0.39, 0.29) is 17.2 Å². The van der Waals surface area contributed by atoms with Gasteiger partial charge in [-0.15, -0.1) is 11.8 Å². The molecule has 0 aliphatic rings. The third-order valence-electron chi connectivity index (χ3n) is 4.12. The monoisotopic (exact) mass is 529 g/mol. The largest absolute Gasteiger partial charge is 0.373 e. The Morgan fingerprint density at radius 1 is 1.15 bits per heavy atom. The number of para-hydroxylation sites is 1. The number of amides is 1. The Kier molecular flexibility index (Phi) is 10.2. The molecule has 1 amide bonds. The van der Waals surface area contributed by atoms with Gasteiger partial charge in [0.2, 0.25) is 5.91 Å². The van der Waals surface area contributed by atoms with E-state index in [0.717, 1.165) is 10.6 Å². The van der Waals surface area contributed by atoms with Crippen LogP contribution in [0, 0.1) is 5.92 Å². The Morgan fingerprint density at radius 2 is 1.79 bits per heavy atom. The second kappa shape index (κ2) is 12.6. The van der Waals surface area contributed by atoms with E-state index in [2.05, 4.69) is 34.1 Å². The lowest BCUT2D eigenvalue weighted by Crippen LogP contribution is -2.45. The van der Waals surface area contributed by atoms with Crippen molar-refractivity contribution in [3.8, 4) is 0 Å². The molecule has 6 N–H and O–H groups in total. The quantitative estimate of drug-likeness (QED) is 0.0466. The molecule has 0 bridgehead atoms. The van der Waals surface area contributed by atoms with Gasteiger partial charge in [-0.2, -0.15) is 21.0 Å². The molecule has 0 saturated heterocycles. The first-order valence-electron chi connectivity index (χ1n) is 9.35. The second-order valence-corrected chi connectivity index (χ2v) is 9.54. The highest BCUT2D eigenvalue weighted by molar-refractivity contribution is 7.98. The van der Waals surface area contributed by atoms with Gasteiger partial charge in [-0.1, -0.05) is 12.1 Å². The highest BCUT2D eigenvalue weighted by Crippen LogP contribution is 2.24. The molecule has 178 valence electrons. The molecular formula is C19H23N5O5S4. The highest BCUT2D eigenvalue weighted by atomic mass is 32.2. The van der Waals surface area contributed by atoms with Gasteiger partial charge in [-0.05, 0) is 54.9 Å². The minimum absolute atomic E-state index is 0.154. The van der Waals surface area contributed by atoms with Crippen LogP contribution in [0.1, 0.15) is 6.42 Å². The number of thioether (sulfide) groups is 1. The molecule has 0 fully saturated rings. The van der Waals surface area contributed by atoms with E-state index >= 15 is 0 Å². The SMILES string of the molecule is CSc1ccccc1NC(=S)NNC(=O)CC(C=O)C(S)Nc1ccc(NS(=O)(=O)O)cc1. The number of thiol groups is 1. The summed E-state index contributed by atoms with van der Waals surface area (Å²) in [4.78, 5) is 24.7. The van der Waals surface area contributed by atoms with Crippen molar-refractivity contribution in [1.82, 2.24) is 10.9 Å². The van der Waals surface area contributed by atoms with E-state index in [1.54, 1.807) is 11.8 Å². The molecule has 0 spiro atoms. The summed E-state index contributed by atoms with van der Waals surface area (Å²) >= 11 is 11.1. The maximum Gasteiger partial charge on any atom is 0.357 e. The summed E-state index contributed by atoms with van der Waals surface area (Å²) < 4.78 is 32.4. The number of hydrazine groups is 1.